The van der Waals surface area contributed by atoms with Crippen LogP contribution in [0.1, 0.15) is 25.8 Å². The molecule has 1 aromatic heterocycles. The first-order valence-electron chi connectivity index (χ1n) is 4.83. The molecule has 0 aliphatic carbocycles. The lowest BCUT2D eigenvalue weighted by atomic mass is 9.96. The Bertz CT molecular complexity index is 231. The fourth-order valence-electron chi connectivity index (χ4n) is 1.64. The summed E-state index contributed by atoms with van der Waals surface area (Å²) < 4.78 is 0. The molecule has 0 aliphatic heterocycles. The van der Waals surface area contributed by atoms with Crippen LogP contribution in [0.5, 0.6) is 0 Å². The van der Waals surface area contributed by atoms with E-state index in [1.807, 2.05) is 12.3 Å². The summed E-state index contributed by atoms with van der Waals surface area (Å²) in [4.78, 5) is 4.09. The van der Waals surface area contributed by atoms with E-state index in [2.05, 4.69) is 24.9 Å². The van der Waals surface area contributed by atoms with Crippen molar-refractivity contribution >= 4 is 0 Å². The van der Waals surface area contributed by atoms with Crippen molar-refractivity contribution in [2.75, 3.05) is 0 Å². The van der Waals surface area contributed by atoms with E-state index in [4.69, 9.17) is 5.73 Å². The zero-order chi connectivity index (χ0) is 9.68. The molecule has 0 saturated heterocycles. The highest BCUT2D eigenvalue weighted by Crippen LogP contribution is 2.11. The van der Waals surface area contributed by atoms with Gasteiger partial charge in [-0.05, 0) is 37.3 Å². The second kappa shape index (κ2) is 4.97. The topological polar surface area (TPSA) is 38.9 Å². The smallest absolute Gasteiger partial charge is 0.0299 e. The van der Waals surface area contributed by atoms with E-state index in [1.54, 1.807) is 6.20 Å². The molecule has 0 bridgehead atoms. The van der Waals surface area contributed by atoms with Gasteiger partial charge in [-0.15, -0.1) is 0 Å². The fourth-order valence-corrected chi connectivity index (χ4v) is 1.64. The average Bonchev–Trinajstić information content (AvgIpc) is 2.04. The summed E-state index contributed by atoms with van der Waals surface area (Å²) in [7, 11) is 0. The van der Waals surface area contributed by atoms with Crippen LogP contribution in [0.4, 0.5) is 0 Å². The quantitative estimate of drug-likeness (QED) is 0.766. The van der Waals surface area contributed by atoms with E-state index in [0.717, 1.165) is 12.8 Å². The number of pyridine rings is 1. The number of nitrogens with two attached hydrogens (primary N) is 1. The van der Waals surface area contributed by atoms with Crippen LogP contribution in [0.2, 0.25) is 0 Å². The van der Waals surface area contributed by atoms with E-state index >= 15 is 0 Å². The van der Waals surface area contributed by atoms with E-state index in [0.29, 0.717) is 12.0 Å². The third kappa shape index (κ3) is 4.04. The Morgan fingerprint density at radius 3 is 2.77 bits per heavy atom. The molecule has 2 unspecified atom stereocenters. The van der Waals surface area contributed by atoms with Gasteiger partial charge in [0.15, 0.2) is 0 Å². The molecule has 1 rings (SSSR count). The summed E-state index contributed by atoms with van der Waals surface area (Å²) in [6.45, 7) is 4.29. The second-order valence-electron chi connectivity index (χ2n) is 3.88. The van der Waals surface area contributed by atoms with Gasteiger partial charge in [0.1, 0.15) is 0 Å². The molecule has 0 spiro atoms. The normalized spacial score (nSPS) is 15.3. The second-order valence-corrected chi connectivity index (χ2v) is 3.88. The van der Waals surface area contributed by atoms with Gasteiger partial charge in [-0.1, -0.05) is 13.0 Å². The van der Waals surface area contributed by atoms with Crippen molar-refractivity contribution < 1.29 is 0 Å². The largest absolute Gasteiger partial charge is 0.328 e. The third-order valence-corrected chi connectivity index (χ3v) is 2.08. The average molecular weight is 178 g/mol. The van der Waals surface area contributed by atoms with Gasteiger partial charge >= 0.3 is 0 Å². The molecule has 0 saturated carbocycles. The van der Waals surface area contributed by atoms with Crippen molar-refractivity contribution in [3.05, 3.63) is 30.1 Å². The summed E-state index contributed by atoms with van der Waals surface area (Å²) in [6, 6.07) is 4.39. The summed E-state index contributed by atoms with van der Waals surface area (Å²) in [5.41, 5.74) is 7.03. The zero-order valence-corrected chi connectivity index (χ0v) is 8.40. The van der Waals surface area contributed by atoms with Crippen molar-refractivity contribution in [1.82, 2.24) is 4.98 Å². The van der Waals surface area contributed by atoms with E-state index in [-0.39, 0.29) is 0 Å². The maximum atomic E-state index is 5.73. The van der Waals surface area contributed by atoms with Crippen LogP contribution < -0.4 is 5.73 Å². The standard InChI is InChI=1S/C11H18N2/c1-9(6-10(2)12)7-11-4-3-5-13-8-11/h3-5,8-10H,6-7,12H2,1-2H3. The first-order chi connectivity index (χ1) is 6.18. The van der Waals surface area contributed by atoms with Crippen molar-refractivity contribution in [2.45, 2.75) is 32.7 Å². The molecule has 0 amide bonds. The van der Waals surface area contributed by atoms with Crippen molar-refractivity contribution in [1.29, 1.82) is 0 Å². The number of aromatic nitrogens is 1. The molecular weight excluding hydrogens is 160 g/mol. The van der Waals surface area contributed by atoms with Gasteiger partial charge < -0.3 is 5.73 Å². The first kappa shape index (κ1) is 10.2. The Morgan fingerprint density at radius 1 is 1.46 bits per heavy atom. The molecule has 0 fully saturated rings. The Morgan fingerprint density at radius 2 is 2.23 bits per heavy atom. The molecule has 2 N–H and O–H groups in total. The molecule has 0 aromatic carbocycles. The van der Waals surface area contributed by atoms with Crippen molar-refractivity contribution in [3.8, 4) is 0 Å². The van der Waals surface area contributed by atoms with Crippen LogP contribution >= 0.6 is 0 Å². The van der Waals surface area contributed by atoms with Crippen LogP contribution in [0.25, 0.3) is 0 Å². The molecule has 2 atom stereocenters. The van der Waals surface area contributed by atoms with Crippen molar-refractivity contribution in [3.63, 3.8) is 0 Å². The Hall–Kier alpha value is -0.890. The van der Waals surface area contributed by atoms with Crippen LogP contribution in [0.15, 0.2) is 24.5 Å². The maximum Gasteiger partial charge on any atom is 0.0299 e. The van der Waals surface area contributed by atoms with Crippen LogP contribution in [-0.2, 0) is 6.42 Å². The first-order valence-corrected chi connectivity index (χ1v) is 4.83. The summed E-state index contributed by atoms with van der Waals surface area (Å²) in [6.07, 6.45) is 5.89. The molecule has 2 heteroatoms. The van der Waals surface area contributed by atoms with E-state index in [1.165, 1.54) is 5.56 Å². The molecule has 0 aliphatic rings. The van der Waals surface area contributed by atoms with E-state index in [9.17, 15) is 0 Å². The van der Waals surface area contributed by atoms with Gasteiger partial charge in [0.05, 0.1) is 0 Å². The Kier molecular flexibility index (Phi) is 3.90. The maximum absolute atomic E-state index is 5.73. The van der Waals surface area contributed by atoms with Crippen LogP contribution in [0.3, 0.4) is 0 Å². The number of hydrogen-bond acceptors (Lipinski definition) is 2. The number of hydrogen-bond donors (Lipinski definition) is 1. The van der Waals surface area contributed by atoms with Gasteiger partial charge in [-0.2, -0.15) is 0 Å². The molecule has 13 heavy (non-hydrogen) atoms. The minimum atomic E-state index is 0.298. The highest BCUT2D eigenvalue weighted by molar-refractivity contribution is 5.08. The van der Waals surface area contributed by atoms with Gasteiger partial charge in [0, 0.05) is 18.4 Å². The van der Waals surface area contributed by atoms with Gasteiger partial charge in [-0.25, -0.2) is 0 Å². The molecule has 72 valence electrons. The Balaban J connectivity index is 2.41. The molecular formula is C11H18N2. The van der Waals surface area contributed by atoms with Gasteiger partial charge in [-0.3, -0.25) is 4.98 Å². The highest BCUT2D eigenvalue weighted by atomic mass is 14.6. The number of nitrogens with zero attached hydrogens (tertiary/aromatic N) is 1. The van der Waals surface area contributed by atoms with Crippen molar-refractivity contribution in [2.24, 2.45) is 11.7 Å². The summed E-state index contributed by atoms with van der Waals surface area (Å²) in [5, 5.41) is 0. The third-order valence-electron chi connectivity index (χ3n) is 2.08. The zero-order valence-electron chi connectivity index (χ0n) is 8.40. The minimum absolute atomic E-state index is 0.298. The summed E-state index contributed by atoms with van der Waals surface area (Å²) >= 11 is 0. The predicted molar refractivity (Wildman–Crippen MR) is 55.4 cm³/mol. The summed E-state index contributed by atoms with van der Waals surface area (Å²) in [5.74, 6) is 0.643. The van der Waals surface area contributed by atoms with Gasteiger partial charge in [0.25, 0.3) is 0 Å². The lowest BCUT2D eigenvalue weighted by molar-refractivity contribution is 0.479. The highest BCUT2D eigenvalue weighted by Gasteiger charge is 2.05. The van der Waals surface area contributed by atoms with Gasteiger partial charge in [0.2, 0.25) is 0 Å². The lowest BCUT2D eigenvalue weighted by Crippen LogP contribution is -2.19. The van der Waals surface area contributed by atoms with Crippen LogP contribution in [-0.4, -0.2) is 11.0 Å². The fraction of sp³-hybridized carbons (Fsp3) is 0.545. The number of rotatable bonds is 4. The molecule has 0 radical (unpaired) electrons. The predicted octanol–water partition coefficient (Wildman–Crippen LogP) is 2.00. The monoisotopic (exact) mass is 178 g/mol. The van der Waals surface area contributed by atoms with E-state index < -0.39 is 0 Å². The molecule has 1 aromatic rings. The molecule has 2 nitrogen and oxygen atoms in total. The Labute approximate surface area is 80.2 Å². The SMILES string of the molecule is CC(N)CC(C)Cc1cccnc1. The lowest BCUT2D eigenvalue weighted by Gasteiger charge is -2.13. The minimum Gasteiger partial charge on any atom is -0.328 e. The van der Waals surface area contributed by atoms with Crippen LogP contribution in [0, 0.1) is 5.92 Å². The molecule has 1 heterocycles.